The predicted molar refractivity (Wildman–Crippen MR) is 83.4 cm³/mol. The van der Waals surface area contributed by atoms with E-state index in [1.54, 1.807) is 29.2 Å². The number of nitrogens with zero attached hydrogens (tertiary/aromatic N) is 2. The van der Waals surface area contributed by atoms with Gasteiger partial charge >= 0.3 is 0 Å². The third kappa shape index (κ3) is 4.21. The van der Waals surface area contributed by atoms with Gasteiger partial charge in [0.1, 0.15) is 0 Å². The topological polar surface area (TPSA) is 40.6 Å². The first-order chi connectivity index (χ1) is 9.97. The van der Waals surface area contributed by atoms with E-state index in [1.165, 1.54) is 0 Å². The van der Waals surface area contributed by atoms with Crippen LogP contribution < -0.4 is 0 Å². The lowest BCUT2D eigenvalue weighted by atomic mass is 10.1. The van der Waals surface area contributed by atoms with Crippen molar-refractivity contribution in [2.24, 2.45) is 5.92 Å². The van der Waals surface area contributed by atoms with Crippen molar-refractivity contribution >= 4 is 23.4 Å². The minimum atomic E-state index is 0.00243. The number of carbonyl (C=O) groups excluding carboxylic acids is 2. The number of hydrogen-bond acceptors (Lipinski definition) is 2. The van der Waals surface area contributed by atoms with E-state index in [0.717, 1.165) is 0 Å². The summed E-state index contributed by atoms with van der Waals surface area (Å²) >= 11 is 5.83. The molecule has 1 aliphatic rings. The molecule has 0 radical (unpaired) electrons. The van der Waals surface area contributed by atoms with E-state index < -0.39 is 0 Å². The van der Waals surface area contributed by atoms with Gasteiger partial charge in [-0.2, -0.15) is 0 Å². The molecule has 5 heteroatoms. The Morgan fingerprint density at radius 1 is 1.05 bits per heavy atom. The first-order valence-corrected chi connectivity index (χ1v) is 7.68. The van der Waals surface area contributed by atoms with Gasteiger partial charge in [-0.3, -0.25) is 9.59 Å². The minimum absolute atomic E-state index is 0.00243. The highest BCUT2D eigenvalue weighted by Gasteiger charge is 2.24. The summed E-state index contributed by atoms with van der Waals surface area (Å²) in [5, 5.41) is 0.621. The van der Waals surface area contributed by atoms with Crippen LogP contribution in [0.15, 0.2) is 24.3 Å². The van der Waals surface area contributed by atoms with E-state index >= 15 is 0 Å². The van der Waals surface area contributed by atoms with Crippen LogP contribution >= 0.6 is 11.6 Å². The molecule has 21 heavy (non-hydrogen) atoms. The maximum Gasteiger partial charge on any atom is 0.253 e. The Bertz CT molecular complexity index is 506. The molecule has 0 unspecified atom stereocenters. The third-order valence-corrected chi connectivity index (χ3v) is 3.85. The molecule has 2 amide bonds. The maximum atomic E-state index is 12.3. The molecule has 0 spiro atoms. The number of carbonyl (C=O) groups is 2. The Morgan fingerprint density at radius 2 is 1.57 bits per heavy atom. The lowest BCUT2D eigenvalue weighted by Gasteiger charge is -2.35. The molecule has 0 aromatic heterocycles. The van der Waals surface area contributed by atoms with Gasteiger partial charge in [-0.25, -0.2) is 0 Å². The normalized spacial score (nSPS) is 15.4. The first-order valence-electron chi connectivity index (χ1n) is 7.30. The van der Waals surface area contributed by atoms with Crippen LogP contribution in [0.5, 0.6) is 0 Å². The van der Waals surface area contributed by atoms with Crippen LogP contribution in [0.3, 0.4) is 0 Å². The molecular formula is C16H21ClN2O2. The van der Waals surface area contributed by atoms with Crippen molar-refractivity contribution in [3.8, 4) is 0 Å². The van der Waals surface area contributed by atoms with Crippen molar-refractivity contribution in [1.82, 2.24) is 9.80 Å². The summed E-state index contributed by atoms with van der Waals surface area (Å²) in [6.07, 6.45) is 0.575. The predicted octanol–water partition coefficient (Wildman–Crippen LogP) is 2.67. The van der Waals surface area contributed by atoms with Crippen LogP contribution in [0.4, 0.5) is 0 Å². The molecule has 114 valence electrons. The standard InChI is InChI=1S/C16H21ClN2O2/c1-12(2)11-15(20)18-7-9-19(10-8-18)16(21)13-3-5-14(17)6-4-13/h3-6,12H,7-11H2,1-2H3. The van der Waals surface area contributed by atoms with Crippen LogP contribution in [-0.2, 0) is 4.79 Å². The van der Waals surface area contributed by atoms with E-state index in [4.69, 9.17) is 11.6 Å². The molecule has 0 atom stereocenters. The van der Waals surface area contributed by atoms with E-state index in [9.17, 15) is 9.59 Å². The fourth-order valence-corrected chi connectivity index (χ4v) is 2.54. The maximum absolute atomic E-state index is 12.3. The second-order valence-electron chi connectivity index (χ2n) is 5.78. The Kier molecular flexibility index (Phi) is 5.23. The lowest BCUT2D eigenvalue weighted by Crippen LogP contribution is -2.50. The van der Waals surface area contributed by atoms with Crippen molar-refractivity contribution < 1.29 is 9.59 Å². The van der Waals surface area contributed by atoms with Crippen molar-refractivity contribution in [3.63, 3.8) is 0 Å². The molecule has 1 fully saturated rings. The lowest BCUT2D eigenvalue weighted by molar-refractivity contribution is -0.133. The molecule has 0 N–H and O–H groups in total. The highest BCUT2D eigenvalue weighted by atomic mass is 35.5. The van der Waals surface area contributed by atoms with Gasteiger partial charge in [0.05, 0.1) is 0 Å². The summed E-state index contributed by atoms with van der Waals surface area (Å²) in [6, 6.07) is 6.91. The van der Waals surface area contributed by atoms with Gasteiger partial charge < -0.3 is 9.80 Å². The zero-order valence-electron chi connectivity index (χ0n) is 12.5. The molecular weight excluding hydrogens is 288 g/mol. The van der Waals surface area contributed by atoms with E-state index in [2.05, 4.69) is 0 Å². The van der Waals surface area contributed by atoms with Gasteiger partial charge in [0.2, 0.25) is 5.91 Å². The summed E-state index contributed by atoms with van der Waals surface area (Å²) in [5.41, 5.74) is 0.640. The van der Waals surface area contributed by atoms with Gasteiger partial charge in [0, 0.05) is 43.2 Å². The van der Waals surface area contributed by atoms with Crippen molar-refractivity contribution in [2.45, 2.75) is 20.3 Å². The zero-order chi connectivity index (χ0) is 15.4. The second kappa shape index (κ2) is 6.94. The Morgan fingerprint density at radius 3 is 2.10 bits per heavy atom. The molecule has 1 saturated heterocycles. The molecule has 4 nitrogen and oxygen atoms in total. The second-order valence-corrected chi connectivity index (χ2v) is 6.21. The largest absolute Gasteiger partial charge is 0.339 e. The average molecular weight is 309 g/mol. The van der Waals surface area contributed by atoms with E-state index in [0.29, 0.717) is 49.1 Å². The highest BCUT2D eigenvalue weighted by Crippen LogP contribution is 2.14. The molecule has 1 aliphatic heterocycles. The van der Waals surface area contributed by atoms with Gasteiger partial charge in [-0.15, -0.1) is 0 Å². The van der Waals surface area contributed by atoms with Crippen LogP contribution in [-0.4, -0.2) is 47.8 Å². The molecule has 1 heterocycles. The molecule has 0 aliphatic carbocycles. The Labute approximate surface area is 130 Å². The Balaban J connectivity index is 1.90. The third-order valence-electron chi connectivity index (χ3n) is 3.59. The summed E-state index contributed by atoms with van der Waals surface area (Å²) in [5.74, 6) is 0.553. The number of benzene rings is 1. The quantitative estimate of drug-likeness (QED) is 0.861. The van der Waals surface area contributed by atoms with Crippen molar-refractivity contribution in [3.05, 3.63) is 34.9 Å². The summed E-state index contributed by atoms with van der Waals surface area (Å²) < 4.78 is 0. The van der Waals surface area contributed by atoms with Crippen molar-refractivity contribution in [1.29, 1.82) is 0 Å². The number of hydrogen-bond donors (Lipinski definition) is 0. The van der Waals surface area contributed by atoms with Gasteiger partial charge in [0.25, 0.3) is 5.91 Å². The van der Waals surface area contributed by atoms with E-state index in [1.807, 2.05) is 18.7 Å². The van der Waals surface area contributed by atoms with Crippen molar-refractivity contribution in [2.75, 3.05) is 26.2 Å². The van der Waals surface area contributed by atoms with Gasteiger partial charge in [0.15, 0.2) is 0 Å². The first kappa shape index (κ1) is 15.8. The van der Waals surface area contributed by atoms with Crippen LogP contribution in [0, 0.1) is 5.92 Å². The number of amides is 2. The minimum Gasteiger partial charge on any atom is -0.339 e. The fourth-order valence-electron chi connectivity index (χ4n) is 2.41. The fraction of sp³-hybridized carbons (Fsp3) is 0.500. The molecule has 1 aromatic rings. The Hall–Kier alpha value is -1.55. The smallest absolute Gasteiger partial charge is 0.253 e. The SMILES string of the molecule is CC(C)CC(=O)N1CCN(C(=O)c2ccc(Cl)cc2)CC1. The van der Waals surface area contributed by atoms with Crippen LogP contribution in [0.25, 0.3) is 0 Å². The highest BCUT2D eigenvalue weighted by molar-refractivity contribution is 6.30. The number of halogens is 1. The van der Waals surface area contributed by atoms with Crippen LogP contribution in [0.1, 0.15) is 30.6 Å². The molecule has 0 bridgehead atoms. The molecule has 2 rings (SSSR count). The molecule has 1 aromatic carbocycles. The summed E-state index contributed by atoms with van der Waals surface area (Å²) in [4.78, 5) is 28.0. The van der Waals surface area contributed by atoms with E-state index in [-0.39, 0.29) is 11.8 Å². The van der Waals surface area contributed by atoms with Gasteiger partial charge in [-0.05, 0) is 30.2 Å². The van der Waals surface area contributed by atoms with Crippen LogP contribution in [0.2, 0.25) is 5.02 Å². The summed E-state index contributed by atoms with van der Waals surface area (Å²) in [6.45, 7) is 6.49. The zero-order valence-corrected chi connectivity index (χ0v) is 13.3. The average Bonchev–Trinajstić information content (AvgIpc) is 2.47. The number of rotatable bonds is 3. The number of piperazine rings is 1. The molecule has 0 saturated carbocycles. The monoisotopic (exact) mass is 308 g/mol. The summed E-state index contributed by atoms with van der Waals surface area (Å²) in [7, 11) is 0. The van der Waals surface area contributed by atoms with Gasteiger partial charge in [-0.1, -0.05) is 25.4 Å².